The molecule has 0 aliphatic carbocycles. The number of aromatic amines is 1. The second-order valence-corrected chi connectivity index (χ2v) is 8.91. The van der Waals surface area contributed by atoms with Gasteiger partial charge in [-0.1, -0.05) is 18.5 Å². The normalized spacial score (nSPS) is 15.0. The molecular formula is C22H22Cl2N6O4. The number of nitriles is 1. The third kappa shape index (κ3) is 4.44. The number of hydrogen-bond acceptors (Lipinski definition) is 8. The van der Waals surface area contributed by atoms with E-state index in [2.05, 4.69) is 5.10 Å². The number of halogens is 2. The number of benzene rings is 1. The Balaban J connectivity index is 2.09. The number of Topliss-reactive ketones (excluding diaryl/α,β-unsaturated/α-hetero) is 1. The second-order valence-electron chi connectivity index (χ2n) is 8.17. The zero-order chi connectivity index (χ0) is 25.4. The number of ketones is 1. The van der Waals surface area contributed by atoms with Crippen LogP contribution in [0.1, 0.15) is 46.2 Å². The lowest BCUT2D eigenvalue weighted by Gasteiger charge is -2.26. The summed E-state index contributed by atoms with van der Waals surface area (Å²) in [6.07, 6.45) is 2.66. The van der Waals surface area contributed by atoms with Crippen LogP contribution >= 0.6 is 23.4 Å². The monoisotopic (exact) mass is 504 g/mol. The van der Waals surface area contributed by atoms with Gasteiger partial charge in [-0.2, -0.15) is 9.94 Å². The van der Waals surface area contributed by atoms with Crippen molar-refractivity contribution in [2.75, 3.05) is 4.42 Å². The number of aromatic nitrogens is 3. The van der Waals surface area contributed by atoms with Crippen LogP contribution in [-0.2, 0) is 4.79 Å². The molecule has 0 saturated heterocycles. The number of fused-ring (bicyclic) bond motifs is 1. The fourth-order valence-corrected chi connectivity index (χ4v) is 3.99. The number of nitrogens with two attached hydrogens (primary N) is 1. The number of allylic oxidation sites excluding steroid dienone is 3. The van der Waals surface area contributed by atoms with Crippen molar-refractivity contribution in [3.8, 4) is 17.5 Å². The number of H-pyrrole nitrogens is 1. The molecule has 0 unspecified atom stereocenters. The van der Waals surface area contributed by atoms with Gasteiger partial charge in [0.2, 0.25) is 11.6 Å². The molecule has 0 atom stereocenters. The number of nitrogens with zero attached hydrogens (tertiary/aromatic N) is 4. The fraction of sp³-hybridized carbons (Fsp3) is 0.318. The van der Waals surface area contributed by atoms with E-state index in [1.807, 2.05) is 11.9 Å². The summed E-state index contributed by atoms with van der Waals surface area (Å²) in [5.74, 6) is 0.365. The van der Waals surface area contributed by atoms with Crippen molar-refractivity contribution < 1.29 is 9.53 Å². The smallest absolute Gasteiger partial charge is 0.349 e. The number of anilines is 1. The average Bonchev–Trinajstić information content (AvgIpc) is 3.08. The minimum absolute atomic E-state index is 0.0143. The molecule has 1 aliphatic rings. The highest BCUT2D eigenvalue weighted by Gasteiger charge is 2.35. The maximum absolute atomic E-state index is 12.7. The molecule has 10 nitrogen and oxygen atoms in total. The van der Waals surface area contributed by atoms with Crippen LogP contribution in [0.4, 0.5) is 5.69 Å². The topological polar surface area (TPSA) is 147 Å². The van der Waals surface area contributed by atoms with E-state index in [9.17, 15) is 14.4 Å². The first kappa shape index (κ1) is 25.1. The van der Waals surface area contributed by atoms with E-state index in [0.717, 1.165) is 9.10 Å². The van der Waals surface area contributed by atoms with Gasteiger partial charge in [-0.3, -0.25) is 14.6 Å². The third-order valence-electron chi connectivity index (χ3n) is 5.34. The summed E-state index contributed by atoms with van der Waals surface area (Å²) >= 11 is 12.9. The molecule has 0 bridgehead atoms. The van der Waals surface area contributed by atoms with Gasteiger partial charge >= 0.3 is 5.69 Å². The Kier molecular flexibility index (Phi) is 6.91. The summed E-state index contributed by atoms with van der Waals surface area (Å²) < 4.78 is 7.84. The zero-order valence-corrected chi connectivity index (χ0v) is 20.4. The molecule has 0 radical (unpaired) electrons. The highest BCUT2D eigenvalue weighted by Crippen LogP contribution is 2.47. The van der Waals surface area contributed by atoms with Crippen molar-refractivity contribution >= 4 is 34.8 Å². The molecular weight excluding hydrogens is 483 g/mol. The highest BCUT2D eigenvalue weighted by molar-refractivity contribution is 6.34. The highest BCUT2D eigenvalue weighted by atomic mass is 35.5. The quantitative estimate of drug-likeness (QED) is 0.569. The predicted molar refractivity (Wildman–Crippen MR) is 128 cm³/mol. The molecule has 12 heteroatoms. The van der Waals surface area contributed by atoms with E-state index in [-0.39, 0.29) is 33.8 Å². The first-order valence-corrected chi connectivity index (χ1v) is 11.0. The number of ether oxygens (including phenoxy) is 1. The molecule has 0 spiro atoms. The Labute approximate surface area is 204 Å². The minimum atomic E-state index is -0.903. The van der Waals surface area contributed by atoms with Crippen LogP contribution in [0.2, 0.25) is 5.02 Å². The fourth-order valence-electron chi connectivity index (χ4n) is 3.53. The van der Waals surface area contributed by atoms with E-state index >= 15 is 0 Å². The lowest BCUT2D eigenvalue weighted by molar-refractivity contribution is -0.125. The van der Waals surface area contributed by atoms with Crippen LogP contribution in [0.15, 0.2) is 45.0 Å². The van der Waals surface area contributed by atoms with Crippen molar-refractivity contribution in [3.63, 3.8) is 0 Å². The van der Waals surface area contributed by atoms with Crippen LogP contribution < -0.4 is 26.1 Å². The van der Waals surface area contributed by atoms with Crippen LogP contribution in [-0.4, -0.2) is 20.5 Å². The lowest BCUT2D eigenvalue weighted by atomic mass is 9.77. The summed E-state index contributed by atoms with van der Waals surface area (Å²) in [6, 6.07) is 4.45. The second kappa shape index (κ2) is 9.37. The van der Waals surface area contributed by atoms with Crippen molar-refractivity contribution in [3.05, 3.63) is 66.9 Å². The largest absolute Gasteiger partial charge is 0.436 e. The van der Waals surface area contributed by atoms with Crippen molar-refractivity contribution in [1.82, 2.24) is 14.8 Å². The van der Waals surface area contributed by atoms with Crippen LogP contribution in [0.25, 0.3) is 5.69 Å². The van der Waals surface area contributed by atoms with Gasteiger partial charge in [0.05, 0.1) is 16.1 Å². The molecule has 2 heterocycles. The minimum Gasteiger partial charge on any atom is -0.436 e. The zero-order valence-electron chi connectivity index (χ0n) is 18.9. The van der Waals surface area contributed by atoms with E-state index in [1.54, 1.807) is 32.9 Å². The Morgan fingerprint density at radius 3 is 2.65 bits per heavy atom. The predicted octanol–water partition coefficient (Wildman–Crippen LogP) is 3.27. The number of hydrogen-bond donors (Lipinski definition) is 2. The molecule has 34 heavy (non-hydrogen) atoms. The summed E-state index contributed by atoms with van der Waals surface area (Å²) in [7, 11) is 0. The molecule has 3 rings (SSSR count). The van der Waals surface area contributed by atoms with Gasteiger partial charge in [-0.15, -0.1) is 5.10 Å². The van der Waals surface area contributed by atoms with Gasteiger partial charge < -0.3 is 10.5 Å². The SMILES string of the molecule is CCCC(=O)C(C)(C)C(/C=C1/Oc2c(Cl)cc(-n3nc(C#N)c(=O)[nH]c3=O)cc2N1Cl)=C(\C)N. The average molecular weight is 505 g/mol. The Bertz CT molecular complexity index is 1390. The van der Waals surface area contributed by atoms with Gasteiger partial charge in [0, 0.05) is 30.0 Å². The summed E-state index contributed by atoms with van der Waals surface area (Å²) in [6.45, 7) is 7.16. The standard InChI is InChI=1S/C22H22Cl2N6O4/c1-5-6-17(31)22(3,4)13(11(2)26)9-18-29(24)16-8-12(7-14(23)19(16)34-18)30-21(33)27-20(32)15(10-25)28-30/h7-9H,5-6,26H2,1-4H3,(H,27,32,33)/b13-11+,18-9+. The molecule has 1 aromatic heterocycles. The maximum Gasteiger partial charge on any atom is 0.349 e. The molecule has 1 aliphatic heterocycles. The Hall–Kier alpha value is -3.55. The van der Waals surface area contributed by atoms with Crippen LogP contribution in [0.3, 0.4) is 0 Å². The van der Waals surface area contributed by atoms with Crippen molar-refractivity contribution in [1.29, 1.82) is 5.26 Å². The maximum atomic E-state index is 12.7. The molecule has 0 amide bonds. The van der Waals surface area contributed by atoms with E-state index in [1.165, 1.54) is 12.1 Å². The molecule has 0 fully saturated rings. The molecule has 3 N–H and O–H groups in total. The molecule has 178 valence electrons. The molecule has 1 aromatic carbocycles. The number of rotatable bonds is 6. The molecule has 0 saturated carbocycles. The van der Waals surface area contributed by atoms with Gasteiger partial charge in [-0.05, 0) is 44.9 Å². The first-order chi connectivity index (χ1) is 15.9. The lowest BCUT2D eigenvalue weighted by Crippen LogP contribution is -2.33. The summed E-state index contributed by atoms with van der Waals surface area (Å²) in [5, 5.41) is 12.9. The number of carbonyl (C=O) groups is 1. The van der Waals surface area contributed by atoms with Gasteiger partial charge in [0.25, 0.3) is 5.56 Å². The van der Waals surface area contributed by atoms with Gasteiger partial charge in [0.15, 0.2) is 5.75 Å². The number of nitrogens with one attached hydrogen (secondary N) is 1. The van der Waals surface area contributed by atoms with Crippen molar-refractivity contribution in [2.45, 2.75) is 40.5 Å². The Morgan fingerprint density at radius 1 is 1.38 bits per heavy atom. The van der Waals surface area contributed by atoms with Gasteiger partial charge in [0.1, 0.15) is 17.5 Å². The number of carbonyl (C=O) groups excluding carboxylic acids is 1. The first-order valence-electron chi connectivity index (χ1n) is 10.3. The summed E-state index contributed by atoms with van der Waals surface area (Å²) in [4.78, 5) is 38.7. The molecule has 2 aromatic rings. The van der Waals surface area contributed by atoms with Gasteiger partial charge in [-0.25, -0.2) is 9.21 Å². The van der Waals surface area contributed by atoms with Crippen molar-refractivity contribution in [2.24, 2.45) is 11.1 Å². The summed E-state index contributed by atoms with van der Waals surface area (Å²) in [5.41, 5.74) is 4.33. The van der Waals surface area contributed by atoms with E-state index < -0.39 is 22.4 Å². The van der Waals surface area contributed by atoms with Crippen LogP contribution in [0.5, 0.6) is 5.75 Å². The van der Waals surface area contributed by atoms with E-state index in [4.69, 9.17) is 39.1 Å². The van der Waals surface area contributed by atoms with E-state index in [0.29, 0.717) is 24.1 Å². The van der Waals surface area contributed by atoms with Crippen LogP contribution in [0, 0.1) is 16.7 Å². The third-order valence-corrected chi connectivity index (χ3v) is 5.97. The Morgan fingerprint density at radius 2 is 2.06 bits per heavy atom.